The van der Waals surface area contributed by atoms with Gasteiger partial charge >= 0.3 is 0 Å². The van der Waals surface area contributed by atoms with Gasteiger partial charge < -0.3 is 19.8 Å². The fourth-order valence-electron chi connectivity index (χ4n) is 2.20. The molecular weight excluding hydrogens is 280 g/mol. The van der Waals surface area contributed by atoms with E-state index in [1.165, 1.54) is 0 Å². The van der Waals surface area contributed by atoms with Crippen LogP contribution in [0.2, 0.25) is 0 Å². The van der Waals surface area contributed by atoms with Crippen LogP contribution in [0.25, 0.3) is 0 Å². The van der Waals surface area contributed by atoms with Crippen molar-refractivity contribution in [2.75, 3.05) is 52.5 Å². The van der Waals surface area contributed by atoms with E-state index in [4.69, 9.17) is 15.6 Å². The molecular formula is C16H24N4O2. The van der Waals surface area contributed by atoms with E-state index in [1.807, 2.05) is 12.1 Å². The van der Waals surface area contributed by atoms with Gasteiger partial charge in [-0.2, -0.15) is 0 Å². The highest BCUT2D eigenvalue weighted by atomic mass is 16.5. The van der Waals surface area contributed by atoms with Crippen molar-refractivity contribution in [2.45, 2.75) is 6.42 Å². The molecule has 1 fully saturated rings. The predicted molar refractivity (Wildman–Crippen MR) is 86.8 cm³/mol. The number of terminal acetylenes is 1. The molecule has 2 rings (SSSR count). The molecule has 1 aliphatic rings. The second kappa shape index (κ2) is 9.87. The number of aliphatic imine (C=N–C) groups is 1. The summed E-state index contributed by atoms with van der Waals surface area (Å²) in [5.74, 6) is 4.27. The molecule has 1 aliphatic heterocycles. The van der Waals surface area contributed by atoms with Crippen molar-refractivity contribution < 1.29 is 9.15 Å². The summed E-state index contributed by atoms with van der Waals surface area (Å²) in [4.78, 5) is 6.92. The predicted octanol–water partition coefficient (Wildman–Crippen LogP) is 0.323. The molecule has 1 aromatic rings. The van der Waals surface area contributed by atoms with Gasteiger partial charge in [0.15, 0.2) is 5.96 Å². The van der Waals surface area contributed by atoms with E-state index < -0.39 is 0 Å². The lowest BCUT2D eigenvalue weighted by Gasteiger charge is -2.25. The molecule has 2 N–H and O–H groups in total. The molecule has 0 saturated carbocycles. The van der Waals surface area contributed by atoms with Gasteiger partial charge in [-0.3, -0.25) is 9.89 Å². The van der Waals surface area contributed by atoms with Gasteiger partial charge in [-0.25, -0.2) is 0 Å². The molecule has 1 aromatic heterocycles. The van der Waals surface area contributed by atoms with Gasteiger partial charge in [0.1, 0.15) is 5.76 Å². The van der Waals surface area contributed by atoms with Crippen LogP contribution in [0.15, 0.2) is 27.8 Å². The minimum absolute atomic E-state index is 0.462. The highest BCUT2D eigenvalue weighted by Crippen LogP contribution is 1.99. The zero-order valence-corrected chi connectivity index (χ0v) is 12.9. The largest absolute Gasteiger partial charge is 0.469 e. The normalized spacial score (nSPS) is 16.2. The maximum absolute atomic E-state index is 5.34. The zero-order chi connectivity index (χ0) is 15.5. The van der Waals surface area contributed by atoms with Crippen molar-refractivity contribution in [3.05, 3.63) is 24.2 Å². The van der Waals surface area contributed by atoms with Gasteiger partial charge in [-0.1, -0.05) is 5.92 Å². The van der Waals surface area contributed by atoms with Crippen LogP contribution in [0.1, 0.15) is 5.76 Å². The first-order valence-electron chi connectivity index (χ1n) is 7.66. The van der Waals surface area contributed by atoms with Crippen LogP contribution in [-0.4, -0.2) is 63.3 Å². The summed E-state index contributed by atoms with van der Waals surface area (Å²) >= 11 is 0. The van der Waals surface area contributed by atoms with Crippen LogP contribution in [0.4, 0.5) is 0 Å². The summed E-state index contributed by atoms with van der Waals surface area (Å²) in [6.07, 6.45) is 7.79. The van der Waals surface area contributed by atoms with Gasteiger partial charge in [0, 0.05) is 32.6 Å². The molecule has 0 aliphatic carbocycles. The Morgan fingerprint density at radius 3 is 2.95 bits per heavy atom. The monoisotopic (exact) mass is 304 g/mol. The van der Waals surface area contributed by atoms with E-state index >= 15 is 0 Å². The Hall–Kier alpha value is -1.97. The molecule has 0 amide bonds. The van der Waals surface area contributed by atoms with E-state index in [0.29, 0.717) is 6.54 Å². The summed E-state index contributed by atoms with van der Waals surface area (Å²) in [5, 5.41) is 6.39. The summed E-state index contributed by atoms with van der Waals surface area (Å²) in [5.41, 5.74) is 0. The third kappa shape index (κ3) is 6.20. The van der Waals surface area contributed by atoms with E-state index in [1.54, 1.807) is 6.26 Å². The second-order valence-corrected chi connectivity index (χ2v) is 5.00. The third-order valence-electron chi connectivity index (χ3n) is 3.39. The van der Waals surface area contributed by atoms with E-state index in [0.717, 1.165) is 64.1 Å². The Bertz CT molecular complexity index is 473. The minimum atomic E-state index is 0.462. The summed E-state index contributed by atoms with van der Waals surface area (Å²) in [7, 11) is 0. The quantitative estimate of drug-likeness (QED) is 0.432. The molecule has 0 bridgehead atoms. The standard InChI is InChI=1S/C16H24N4O2/c1-2-6-17-16(18-7-5-15-4-3-12-22-15)19-8-9-20-10-13-21-14-11-20/h1,3-4,12H,5-11,13-14H2,(H2,17,18,19). The topological polar surface area (TPSA) is 62.0 Å². The van der Waals surface area contributed by atoms with Crippen molar-refractivity contribution in [3.8, 4) is 12.3 Å². The molecule has 0 atom stereocenters. The Balaban J connectivity index is 1.71. The third-order valence-corrected chi connectivity index (χ3v) is 3.39. The first-order chi connectivity index (χ1) is 10.9. The molecule has 2 heterocycles. The van der Waals surface area contributed by atoms with Gasteiger partial charge in [0.05, 0.1) is 32.6 Å². The van der Waals surface area contributed by atoms with Gasteiger partial charge in [0.2, 0.25) is 0 Å². The fourth-order valence-corrected chi connectivity index (χ4v) is 2.20. The molecule has 6 heteroatoms. The van der Waals surface area contributed by atoms with Crippen LogP contribution in [-0.2, 0) is 11.2 Å². The van der Waals surface area contributed by atoms with Gasteiger partial charge in [-0.15, -0.1) is 6.42 Å². The lowest BCUT2D eigenvalue weighted by Crippen LogP contribution is -2.40. The smallest absolute Gasteiger partial charge is 0.192 e. The number of hydrogen-bond acceptors (Lipinski definition) is 4. The lowest BCUT2D eigenvalue weighted by atomic mass is 10.3. The maximum Gasteiger partial charge on any atom is 0.192 e. The molecule has 1 saturated heterocycles. The van der Waals surface area contributed by atoms with Crippen LogP contribution in [0.3, 0.4) is 0 Å². The minimum Gasteiger partial charge on any atom is -0.469 e. The first-order valence-corrected chi connectivity index (χ1v) is 7.66. The second-order valence-electron chi connectivity index (χ2n) is 5.00. The van der Waals surface area contributed by atoms with Crippen molar-refractivity contribution in [2.24, 2.45) is 4.99 Å². The lowest BCUT2D eigenvalue weighted by molar-refractivity contribution is 0.0394. The Kier molecular flexibility index (Phi) is 7.36. The van der Waals surface area contributed by atoms with Gasteiger partial charge in [-0.05, 0) is 12.1 Å². The van der Waals surface area contributed by atoms with E-state index in [9.17, 15) is 0 Å². The molecule has 0 aromatic carbocycles. The van der Waals surface area contributed by atoms with Crippen LogP contribution in [0, 0.1) is 12.3 Å². The Labute approximate surface area is 131 Å². The number of furan rings is 1. The number of rotatable bonds is 7. The summed E-state index contributed by atoms with van der Waals surface area (Å²) < 4.78 is 10.6. The fraction of sp³-hybridized carbons (Fsp3) is 0.562. The molecule has 0 unspecified atom stereocenters. The zero-order valence-electron chi connectivity index (χ0n) is 12.9. The Morgan fingerprint density at radius 1 is 1.36 bits per heavy atom. The average molecular weight is 304 g/mol. The molecule has 0 radical (unpaired) electrons. The van der Waals surface area contributed by atoms with E-state index in [2.05, 4.69) is 26.4 Å². The molecule has 22 heavy (non-hydrogen) atoms. The summed E-state index contributed by atoms with van der Waals surface area (Å²) in [6.45, 7) is 6.47. The van der Waals surface area contributed by atoms with Crippen molar-refractivity contribution >= 4 is 5.96 Å². The molecule has 6 nitrogen and oxygen atoms in total. The van der Waals surface area contributed by atoms with E-state index in [-0.39, 0.29) is 0 Å². The first kappa shape index (κ1) is 16.4. The molecule has 120 valence electrons. The van der Waals surface area contributed by atoms with Crippen molar-refractivity contribution in [3.63, 3.8) is 0 Å². The highest BCUT2D eigenvalue weighted by molar-refractivity contribution is 5.80. The average Bonchev–Trinajstić information content (AvgIpc) is 3.06. The Morgan fingerprint density at radius 2 is 2.23 bits per heavy atom. The van der Waals surface area contributed by atoms with Crippen LogP contribution < -0.4 is 10.6 Å². The van der Waals surface area contributed by atoms with Crippen molar-refractivity contribution in [1.82, 2.24) is 15.5 Å². The molecule has 0 spiro atoms. The highest BCUT2D eigenvalue weighted by Gasteiger charge is 2.09. The van der Waals surface area contributed by atoms with Crippen molar-refractivity contribution in [1.29, 1.82) is 0 Å². The number of hydrogen-bond donors (Lipinski definition) is 2. The number of nitrogens with zero attached hydrogens (tertiary/aromatic N) is 2. The SMILES string of the molecule is C#CCNC(=NCCN1CCOCC1)NCCc1ccco1. The number of ether oxygens (including phenoxy) is 1. The summed E-state index contributed by atoms with van der Waals surface area (Å²) in [6, 6.07) is 3.86. The number of nitrogens with one attached hydrogen (secondary N) is 2. The van der Waals surface area contributed by atoms with Gasteiger partial charge in [0.25, 0.3) is 0 Å². The number of morpholine rings is 1. The van der Waals surface area contributed by atoms with Crippen LogP contribution in [0.5, 0.6) is 0 Å². The van der Waals surface area contributed by atoms with Crippen LogP contribution >= 0.6 is 0 Å². The number of guanidine groups is 1. The maximum atomic E-state index is 5.34.